The van der Waals surface area contributed by atoms with E-state index in [2.05, 4.69) is 10.4 Å². The van der Waals surface area contributed by atoms with E-state index in [1.807, 2.05) is 6.07 Å². The van der Waals surface area contributed by atoms with Gasteiger partial charge in [-0.15, -0.1) is 0 Å². The van der Waals surface area contributed by atoms with Crippen molar-refractivity contribution in [3.63, 3.8) is 0 Å². The van der Waals surface area contributed by atoms with Gasteiger partial charge >= 0.3 is 0 Å². The lowest BCUT2D eigenvalue weighted by atomic mass is 10.2. The number of benzene rings is 1. The van der Waals surface area contributed by atoms with Gasteiger partial charge in [0.25, 0.3) is 5.91 Å². The van der Waals surface area contributed by atoms with Crippen molar-refractivity contribution >= 4 is 28.9 Å². The molecule has 0 atom stereocenters. The number of carbonyl (C=O) groups excluding carboxylic acids is 1. The molecule has 0 aliphatic heterocycles. The minimum atomic E-state index is -0.392. The van der Waals surface area contributed by atoms with E-state index in [0.717, 1.165) is 0 Å². The summed E-state index contributed by atoms with van der Waals surface area (Å²) in [5.41, 5.74) is 7.77. The van der Waals surface area contributed by atoms with E-state index in [9.17, 15) is 4.79 Å². The van der Waals surface area contributed by atoms with Crippen molar-refractivity contribution in [2.75, 3.05) is 11.1 Å². The van der Waals surface area contributed by atoms with E-state index in [1.165, 1.54) is 10.7 Å². The molecule has 1 aromatic carbocycles. The van der Waals surface area contributed by atoms with Gasteiger partial charge in [0.15, 0.2) is 0 Å². The van der Waals surface area contributed by atoms with Crippen molar-refractivity contribution in [2.24, 2.45) is 7.05 Å². The van der Waals surface area contributed by atoms with E-state index < -0.39 is 5.91 Å². The molecule has 7 heteroatoms. The molecule has 2 aromatic rings. The first kappa shape index (κ1) is 13.9. The summed E-state index contributed by atoms with van der Waals surface area (Å²) in [6.07, 6.45) is 0. The number of halogens is 1. The number of carbonyl (C=O) groups is 1. The molecule has 102 valence electrons. The number of nitrogens with two attached hydrogens (primary N) is 1. The number of nitrogen functional groups attached to an aromatic ring is 1. The predicted molar refractivity (Wildman–Crippen MR) is 76.5 cm³/mol. The highest BCUT2D eigenvalue weighted by molar-refractivity contribution is 6.31. The Morgan fingerprint density at radius 1 is 1.55 bits per heavy atom. The molecule has 0 fully saturated rings. The number of hydrogen-bond donors (Lipinski definition) is 2. The third-order valence-corrected chi connectivity index (χ3v) is 3.16. The Balaban J connectivity index is 2.31. The Morgan fingerprint density at radius 3 is 2.80 bits per heavy atom. The number of aromatic nitrogens is 2. The predicted octanol–water partition coefficient (Wildman–Crippen LogP) is 2.09. The minimum Gasteiger partial charge on any atom is -0.395 e. The van der Waals surface area contributed by atoms with Gasteiger partial charge in [0, 0.05) is 12.7 Å². The topological polar surface area (TPSA) is 96.7 Å². The molecule has 20 heavy (non-hydrogen) atoms. The van der Waals surface area contributed by atoms with Gasteiger partial charge in [-0.3, -0.25) is 9.48 Å². The number of nitrogens with zero attached hydrogens (tertiary/aromatic N) is 3. The molecule has 1 amide bonds. The summed E-state index contributed by atoms with van der Waals surface area (Å²) in [5.74, 6) is -0.392. The van der Waals surface area contributed by atoms with E-state index >= 15 is 0 Å². The Hall–Kier alpha value is -2.52. The maximum absolute atomic E-state index is 12.2. The monoisotopic (exact) mass is 289 g/mol. The second kappa shape index (κ2) is 5.23. The fraction of sp³-hybridized carbons (Fsp3) is 0.154. The van der Waals surface area contributed by atoms with E-state index in [4.69, 9.17) is 22.6 Å². The van der Waals surface area contributed by atoms with Crippen molar-refractivity contribution in [3.05, 3.63) is 40.2 Å². The Morgan fingerprint density at radius 2 is 2.25 bits per heavy atom. The zero-order valence-corrected chi connectivity index (χ0v) is 11.7. The summed E-state index contributed by atoms with van der Waals surface area (Å²) in [7, 11) is 1.64. The first-order valence-electron chi connectivity index (χ1n) is 5.74. The van der Waals surface area contributed by atoms with Crippen LogP contribution in [-0.2, 0) is 7.05 Å². The van der Waals surface area contributed by atoms with E-state index in [-0.39, 0.29) is 5.69 Å². The molecule has 1 heterocycles. The van der Waals surface area contributed by atoms with Crippen molar-refractivity contribution in [1.82, 2.24) is 9.78 Å². The molecule has 6 nitrogen and oxygen atoms in total. The largest absolute Gasteiger partial charge is 0.395 e. The smallest absolute Gasteiger partial charge is 0.276 e. The maximum atomic E-state index is 12.2. The van der Waals surface area contributed by atoms with Gasteiger partial charge in [-0.25, -0.2) is 0 Å². The van der Waals surface area contributed by atoms with Crippen LogP contribution in [0.3, 0.4) is 0 Å². The Kier molecular flexibility index (Phi) is 3.63. The lowest BCUT2D eigenvalue weighted by molar-refractivity contribution is 0.101. The molecular weight excluding hydrogens is 278 g/mol. The lowest BCUT2D eigenvalue weighted by Gasteiger charge is -2.07. The first-order chi connectivity index (χ1) is 9.43. The number of anilines is 2. The van der Waals surface area contributed by atoms with Crippen LogP contribution in [0.25, 0.3) is 0 Å². The van der Waals surface area contributed by atoms with Gasteiger partial charge in [-0.1, -0.05) is 11.6 Å². The molecule has 3 N–H and O–H groups in total. The Bertz CT molecular complexity index is 729. The summed E-state index contributed by atoms with van der Waals surface area (Å²) < 4.78 is 1.42. The van der Waals surface area contributed by atoms with Crippen molar-refractivity contribution in [2.45, 2.75) is 6.92 Å². The van der Waals surface area contributed by atoms with Gasteiger partial charge in [0.05, 0.1) is 22.0 Å². The number of rotatable bonds is 2. The highest BCUT2D eigenvalue weighted by Crippen LogP contribution is 2.21. The van der Waals surface area contributed by atoms with Gasteiger partial charge in [-0.05, 0) is 25.1 Å². The van der Waals surface area contributed by atoms with Gasteiger partial charge < -0.3 is 11.1 Å². The van der Waals surface area contributed by atoms with Crippen LogP contribution in [0.4, 0.5) is 11.4 Å². The van der Waals surface area contributed by atoms with E-state index in [1.54, 1.807) is 26.1 Å². The number of aryl methyl sites for hydroxylation is 2. The average Bonchev–Trinajstić information content (AvgIpc) is 2.65. The zero-order chi connectivity index (χ0) is 14.9. The molecule has 0 radical (unpaired) electrons. The van der Waals surface area contributed by atoms with Crippen molar-refractivity contribution in [1.29, 1.82) is 5.26 Å². The molecule has 0 unspecified atom stereocenters. The van der Waals surface area contributed by atoms with Crippen LogP contribution in [0.5, 0.6) is 0 Å². The number of hydrogen-bond acceptors (Lipinski definition) is 4. The van der Waals surface area contributed by atoms with Gasteiger partial charge in [-0.2, -0.15) is 10.4 Å². The first-order valence-corrected chi connectivity index (χ1v) is 6.12. The standard InChI is InChI=1S/C13H12ClN5O/c1-7-11(16)12(19(2)18-7)13(20)17-9-3-4-10(14)8(5-9)6-15/h3-5H,16H2,1-2H3,(H,17,20). The third-order valence-electron chi connectivity index (χ3n) is 2.83. The number of amides is 1. The van der Waals surface area contributed by atoms with Crippen LogP contribution in [0, 0.1) is 18.3 Å². The molecule has 2 rings (SSSR count). The fourth-order valence-corrected chi connectivity index (χ4v) is 1.98. The van der Waals surface area contributed by atoms with Crippen LogP contribution in [-0.4, -0.2) is 15.7 Å². The van der Waals surface area contributed by atoms with Gasteiger partial charge in [0.1, 0.15) is 11.8 Å². The average molecular weight is 290 g/mol. The van der Waals surface area contributed by atoms with Crippen LogP contribution in [0.15, 0.2) is 18.2 Å². The van der Waals surface area contributed by atoms with Crippen LogP contribution >= 0.6 is 11.6 Å². The summed E-state index contributed by atoms with van der Waals surface area (Å²) in [6, 6.07) is 6.61. The summed E-state index contributed by atoms with van der Waals surface area (Å²) >= 11 is 5.83. The van der Waals surface area contributed by atoms with E-state index in [0.29, 0.717) is 27.7 Å². The van der Waals surface area contributed by atoms with Crippen LogP contribution < -0.4 is 11.1 Å². The molecular formula is C13H12ClN5O. The summed E-state index contributed by atoms with van der Waals surface area (Å²) in [4.78, 5) is 12.2. The number of nitriles is 1. The quantitative estimate of drug-likeness (QED) is 0.884. The third kappa shape index (κ3) is 2.44. The SMILES string of the molecule is Cc1nn(C)c(C(=O)Nc2ccc(Cl)c(C#N)c2)c1N. The minimum absolute atomic E-state index is 0.274. The molecule has 0 saturated heterocycles. The molecule has 0 aliphatic carbocycles. The molecule has 0 spiro atoms. The Labute approximate surface area is 120 Å². The zero-order valence-electron chi connectivity index (χ0n) is 10.9. The molecule has 1 aromatic heterocycles. The maximum Gasteiger partial charge on any atom is 0.276 e. The number of nitrogens with one attached hydrogen (secondary N) is 1. The summed E-state index contributed by atoms with van der Waals surface area (Å²) in [6.45, 7) is 1.72. The fourth-order valence-electron chi connectivity index (χ4n) is 1.82. The van der Waals surface area contributed by atoms with Crippen molar-refractivity contribution < 1.29 is 4.79 Å². The second-order valence-corrected chi connectivity index (χ2v) is 4.64. The molecule has 0 aliphatic rings. The highest BCUT2D eigenvalue weighted by atomic mass is 35.5. The lowest BCUT2D eigenvalue weighted by Crippen LogP contribution is -2.17. The van der Waals surface area contributed by atoms with Crippen molar-refractivity contribution in [3.8, 4) is 6.07 Å². The van der Waals surface area contributed by atoms with Crippen LogP contribution in [0.2, 0.25) is 5.02 Å². The molecule has 0 saturated carbocycles. The second-order valence-electron chi connectivity index (χ2n) is 4.23. The summed E-state index contributed by atoms with van der Waals surface area (Å²) in [5, 5.41) is 16.0. The molecule has 0 bridgehead atoms. The van der Waals surface area contributed by atoms with Gasteiger partial charge in [0.2, 0.25) is 0 Å². The highest BCUT2D eigenvalue weighted by Gasteiger charge is 2.18. The van der Waals surface area contributed by atoms with Crippen LogP contribution in [0.1, 0.15) is 21.7 Å². The normalized spacial score (nSPS) is 10.1.